The van der Waals surface area contributed by atoms with E-state index in [0.29, 0.717) is 13.0 Å². The monoisotopic (exact) mass is 255 g/mol. The SMILES string of the molecule is CN(CCCN)C(=O)CCN1CCCCCCC1. The van der Waals surface area contributed by atoms with Crippen molar-refractivity contribution in [2.24, 2.45) is 5.73 Å². The van der Waals surface area contributed by atoms with Crippen molar-refractivity contribution in [1.82, 2.24) is 9.80 Å². The molecule has 0 unspecified atom stereocenters. The maximum Gasteiger partial charge on any atom is 0.223 e. The normalized spacial score (nSPS) is 18.1. The van der Waals surface area contributed by atoms with Crippen LogP contribution in [0.25, 0.3) is 0 Å². The Morgan fingerprint density at radius 3 is 2.39 bits per heavy atom. The molecule has 1 saturated heterocycles. The van der Waals surface area contributed by atoms with Gasteiger partial charge < -0.3 is 15.5 Å². The van der Waals surface area contributed by atoms with Crippen molar-refractivity contribution >= 4 is 5.91 Å². The summed E-state index contributed by atoms with van der Waals surface area (Å²) in [6.07, 6.45) is 8.21. The molecule has 0 aromatic rings. The van der Waals surface area contributed by atoms with E-state index in [1.54, 1.807) is 0 Å². The molecular formula is C14H29N3O. The zero-order chi connectivity index (χ0) is 13.2. The highest BCUT2D eigenvalue weighted by Gasteiger charge is 2.12. The smallest absolute Gasteiger partial charge is 0.223 e. The highest BCUT2D eigenvalue weighted by Crippen LogP contribution is 2.10. The lowest BCUT2D eigenvalue weighted by Crippen LogP contribution is -2.34. The second kappa shape index (κ2) is 9.34. The van der Waals surface area contributed by atoms with Gasteiger partial charge in [0.1, 0.15) is 0 Å². The van der Waals surface area contributed by atoms with Crippen LogP contribution in [-0.2, 0) is 4.79 Å². The first-order valence-electron chi connectivity index (χ1n) is 7.40. The second-order valence-electron chi connectivity index (χ2n) is 5.32. The number of hydrogen-bond acceptors (Lipinski definition) is 3. The molecule has 1 aliphatic heterocycles. The van der Waals surface area contributed by atoms with E-state index in [9.17, 15) is 4.79 Å². The molecule has 0 saturated carbocycles. The van der Waals surface area contributed by atoms with Crippen LogP contribution in [0.2, 0.25) is 0 Å². The summed E-state index contributed by atoms with van der Waals surface area (Å²) in [5.41, 5.74) is 5.45. The van der Waals surface area contributed by atoms with Gasteiger partial charge in [0.05, 0.1) is 0 Å². The molecule has 4 nitrogen and oxygen atoms in total. The summed E-state index contributed by atoms with van der Waals surface area (Å²) >= 11 is 0. The van der Waals surface area contributed by atoms with Crippen molar-refractivity contribution in [3.63, 3.8) is 0 Å². The number of rotatable bonds is 6. The van der Waals surface area contributed by atoms with Crippen molar-refractivity contribution in [2.75, 3.05) is 39.8 Å². The minimum atomic E-state index is 0.255. The Balaban J connectivity index is 2.19. The molecular weight excluding hydrogens is 226 g/mol. The van der Waals surface area contributed by atoms with E-state index >= 15 is 0 Å². The first-order chi connectivity index (χ1) is 8.74. The molecule has 1 fully saturated rings. The maximum atomic E-state index is 11.9. The number of likely N-dealkylation sites (tertiary alicyclic amines) is 1. The maximum absolute atomic E-state index is 11.9. The Bertz CT molecular complexity index is 225. The molecule has 18 heavy (non-hydrogen) atoms. The molecule has 0 aromatic carbocycles. The van der Waals surface area contributed by atoms with Crippen LogP contribution < -0.4 is 5.73 Å². The second-order valence-corrected chi connectivity index (χ2v) is 5.32. The number of nitrogens with zero attached hydrogens (tertiary/aromatic N) is 2. The third-order valence-electron chi connectivity index (χ3n) is 3.71. The quantitative estimate of drug-likeness (QED) is 0.781. The number of hydrogen-bond donors (Lipinski definition) is 1. The first-order valence-corrected chi connectivity index (χ1v) is 7.40. The Hall–Kier alpha value is -0.610. The van der Waals surface area contributed by atoms with Gasteiger partial charge in [-0.15, -0.1) is 0 Å². The van der Waals surface area contributed by atoms with Crippen molar-refractivity contribution in [1.29, 1.82) is 0 Å². The summed E-state index contributed by atoms with van der Waals surface area (Å²) in [6.45, 7) is 4.70. The Labute approximate surface area is 111 Å². The molecule has 0 radical (unpaired) electrons. The van der Waals surface area contributed by atoms with Crippen LogP contribution in [0.4, 0.5) is 0 Å². The van der Waals surface area contributed by atoms with E-state index in [0.717, 1.165) is 19.5 Å². The van der Waals surface area contributed by atoms with Crippen molar-refractivity contribution < 1.29 is 4.79 Å². The van der Waals surface area contributed by atoms with E-state index < -0.39 is 0 Å². The molecule has 1 amide bonds. The molecule has 0 atom stereocenters. The van der Waals surface area contributed by atoms with Crippen LogP contribution in [0.1, 0.15) is 44.9 Å². The fourth-order valence-electron chi connectivity index (χ4n) is 2.43. The van der Waals surface area contributed by atoms with Gasteiger partial charge >= 0.3 is 0 Å². The largest absolute Gasteiger partial charge is 0.346 e. The van der Waals surface area contributed by atoms with Gasteiger partial charge in [-0.05, 0) is 38.9 Å². The zero-order valence-corrected chi connectivity index (χ0v) is 11.9. The molecule has 1 heterocycles. The third-order valence-corrected chi connectivity index (χ3v) is 3.71. The van der Waals surface area contributed by atoms with E-state index in [2.05, 4.69) is 4.90 Å². The Morgan fingerprint density at radius 1 is 1.17 bits per heavy atom. The molecule has 1 rings (SSSR count). The van der Waals surface area contributed by atoms with Gasteiger partial charge in [-0.1, -0.05) is 19.3 Å². The molecule has 0 aromatic heterocycles. The molecule has 0 bridgehead atoms. The molecule has 2 N–H and O–H groups in total. The Kier molecular flexibility index (Phi) is 8.01. The highest BCUT2D eigenvalue weighted by atomic mass is 16.2. The molecule has 4 heteroatoms. The molecule has 0 spiro atoms. The van der Waals surface area contributed by atoms with E-state index in [1.165, 1.54) is 45.2 Å². The van der Waals surface area contributed by atoms with E-state index in [1.807, 2.05) is 11.9 Å². The lowest BCUT2D eigenvalue weighted by molar-refractivity contribution is -0.130. The molecule has 0 aliphatic carbocycles. The van der Waals surface area contributed by atoms with Gasteiger partial charge in [-0.2, -0.15) is 0 Å². The van der Waals surface area contributed by atoms with Crippen molar-refractivity contribution in [3.8, 4) is 0 Å². The first kappa shape index (κ1) is 15.4. The summed E-state index contributed by atoms with van der Waals surface area (Å²) in [5.74, 6) is 0.255. The van der Waals surface area contributed by atoms with Gasteiger partial charge in [-0.25, -0.2) is 0 Å². The van der Waals surface area contributed by atoms with Crippen LogP contribution in [0.3, 0.4) is 0 Å². The Morgan fingerprint density at radius 2 is 1.78 bits per heavy atom. The lowest BCUT2D eigenvalue weighted by Gasteiger charge is -2.25. The average molecular weight is 255 g/mol. The van der Waals surface area contributed by atoms with Gasteiger partial charge in [0.15, 0.2) is 0 Å². The van der Waals surface area contributed by atoms with Crippen LogP contribution in [-0.4, -0.2) is 55.5 Å². The third kappa shape index (κ3) is 6.36. The van der Waals surface area contributed by atoms with Crippen LogP contribution in [0.5, 0.6) is 0 Å². The van der Waals surface area contributed by atoms with Gasteiger partial charge in [0.2, 0.25) is 5.91 Å². The van der Waals surface area contributed by atoms with Gasteiger partial charge in [0.25, 0.3) is 0 Å². The fourth-order valence-corrected chi connectivity index (χ4v) is 2.43. The minimum absolute atomic E-state index is 0.255. The summed E-state index contributed by atoms with van der Waals surface area (Å²) in [7, 11) is 1.88. The van der Waals surface area contributed by atoms with Gasteiger partial charge in [-0.3, -0.25) is 4.79 Å². The van der Waals surface area contributed by atoms with Gasteiger partial charge in [0, 0.05) is 26.6 Å². The van der Waals surface area contributed by atoms with E-state index in [4.69, 9.17) is 5.73 Å². The summed E-state index contributed by atoms with van der Waals surface area (Å²) in [4.78, 5) is 16.2. The predicted molar refractivity (Wildman–Crippen MR) is 75.5 cm³/mol. The topological polar surface area (TPSA) is 49.6 Å². The summed E-state index contributed by atoms with van der Waals surface area (Å²) in [6, 6.07) is 0. The number of carbonyl (C=O) groups excluding carboxylic acids is 1. The zero-order valence-electron chi connectivity index (χ0n) is 11.9. The number of amides is 1. The fraction of sp³-hybridized carbons (Fsp3) is 0.929. The average Bonchev–Trinajstić information content (AvgIpc) is 2.34. The predicted octanol–water partition coefficient (Wildman–Crippen LogP) is 1.45. The number of carbonyl (C=O) groups is 1. The van der Waals surface area contributed by atoms with Crippen LogP contribution in [0.15, 0.2) is 0 Å². The van der Waals surface area contributed by atoms with Crippen molar-refractivity contribution in [2.45, 2.75) is 44.9 Å². The summed E-state index contributed by atoms with van der Waals surface area (Å²) in [5, 5.41) is 0. The highest BCUT2D eigenvalue weighted by molar-refractivity contribution is 5.76. The molecule has 106 valence electrons. The minimum Gasteiger partial charge on any atom is -0.346 e. The summed E-state index contributed by atoms with van der Waals surface area (Å²) < 4.78 is 0. The standard InChI is InChI=1S/C14H29N3O/c1-16(10-7-9-15)14(18)8-13-17-11-5-3-2-4-6-12-17/h2-13,15H2,1H3. The van der Waals surface area contributed by atoms with Crippen LogP contribution in [0, 0.1) is 0 Å². The lowest BCUT2D eigenvalue weighted by atomic mass is 10.1. The van der Waals surface area contributed by atoms with E-state index in [-0.39, 0.29) is 5.91 Å². The molecule has 1 aliphatic rings. The number of nitrogens with two attached hydrogens (primary N) is 1. The van der Waals surface area contributed by atoms with Crippen molar-refractivity contribution in [3.05, 3.63) is 0 Å². The van der Waals surface area contributed by atoms with Crippen LogP contribution >= 0.6 is 0 Å².